The Morgan fingerprint density at radius 1 is 1.04 bits per heavy atom. The molecule has 1 amide bonds. The summed E-state index contributed by atoms with van der Waals surface area (Å²) in [5.41, 5.74) is 3.61. The number of para-hydroxylation sites is 1. The van der Waals surface area contributed by atoms with Gasteiger partial charge in [-0.1, -0.05) is 36.4 Å². The number of esters is 1. The SMILES string of the molecule is COC(=O)c1ccccc1Nc1cc(C(=O)NCc2ccccc2C)ccn1. The maximum Gasteiger partial charge on any atom is 0.339 e. The van der Waals surface area contributed by atoms with E-state index in [4.69, 9.17) is 4.74 Å². The minimum absolute atomic E-state index is 0.199. The first kappa shape index (κ1) is 19.1. The Morgan fingerprint density at radius 2 is 1.79 bits per heavy atom. The van der Waals surface area contributed by atoms with Gasteiger partial charge in [-0.3, -0.25) is 4.79 Å². The predicted octanol–water partition coefficient (Wildman–Crippen LogP) is 3.85. The Labute approximate surface area is 163 Å². The van der Waals surface area contributed by atoms with Gasteiger partial charge in [0.2, 0.25) is 0 Å². The lowest BCUT2D eigenvalue weighted by atomic mass is 10.1. The number of rotatable bonds is 6. The number of aryl methyl sites for hydroxylation is 1. The van der Waals surface area contributed by atoms with Crippen LogP contribution in [0, 0.1) is 6.92 Å². The molecular weight excluding hydrogens is 354 g/mol. The zero-order valence-electron chi connectivity index (χ0n) is 15.7. The van der Waals surface area contributed by atoms with Gasteiger partial charge in [0.1, 0.15) is 5.82 Å². The van der Waals surface area contributed by atoms with E-state index in [1.807, 2.05) is 31.2 Å². The monoisotopic (exact) mass is 375 g/mol. The van der Waals surface area contributed by atoms with Crippen LogP contribution in [0.5, 0.6) is 0 Å². The van der Waals surface area contributed by atoms with E-state index in [1.165, 1.54) is 7.11 Å². The summed E-state index contributed by atoms with van der Waals surface area (Å²) in [6.45, 7) is 2.45. The largest absolute Gasteiger partial charge is 0.465 e. The number of nitrogens with zero attached hydrogens (tertiary/aromatic N) is 1. The standard InChI is InChI=1S/C22H21N3O3/c1-15-7-3-4-8-17(15)14-24-21(26)16-11-12-23-20(13-16)25-19-10-6-5-9-18(19)22(27)28-2/h3-13H,14H2,1-2H3,(H,23,25)(H,24,26). The molecule has 0 unspecified atom stereocenters. The van der Waals surface area contributed by atoms with Crippen molar-refractivity contribution in [2.24, 2.45) is 0 Å². The van der Waals surface area contributed by atoms with Crippen LogP contribution in [0.2, 0.25) is 0 Å². The van der Waals surface area contributed by atoms with Crippen molar-refractivity contribution in [1.29, 1.82) is 0 Å². The first-order chi connectivity index (χ1) is 13.6. The number of hydrogen-bond acceptors (Lipinski definition) is 5. The molecule has 1 heterocycles. The highest BCUT2D eigenvalue weighted by Gasteiger charge is 2.13. The molecule has 0 atom stereocenters. The maximum atomic E-state index is 12.5. The van der Waals surface area contributed by atoms with Crippen molar-refractivity contribution in [3.63, 3.8) is 0 Å². The topological polar surface area (TPSA) is 80.3 Å². The van der Waals surface area contributed by atoms with E-state index < -0.39 is 5.97 Å². The van der Waals surface area contributed by atoms with E-state index in [0.717, 1.165) is 11.1 Å². The highest BCUT2D eigenvalue weighted by Crippen LogP contribution is 2.21. The first-order valence-electron chi connectivity index (χ1n) is 8.81. The molecule has 1 aromatic heterocycles. The summed E-state index contributed by atoms with van der Waals surface area (Å²) in [5.74, 6) is -0.190. The van der Waals surface area contributed by atoms with Crippen molar-refractivity contribution in [2.45, 2.75) is 13.5 Å². The normalized spacial score (nSPS) is 10.2. The van der Waals surface area contributed by atoms with Gasteiger partial charge < -0.3 is 15.4 Å². The van der Waals surface area contributed by atoms with Gasteiger partial charge in [-0.2, -0.15) is 0 Å². The van der Waals surface area contributed by atoms with Crippen LogP contribution in [0.25, 0.3) is 0 Å². The third-order valence-electron chi connectivity index (χ3n) is 4.32. The molecule has 3 rings (SSSR count). The molecule has 0 fully saturated rings. The summed E-state index contributed by atoms with van der Waals surface area (Å²) >= 11 is 0. The Kier molecular flexibility index (Phi) is 6.01. The lowest BCUT2D eigenvalue weighted by Gasteiger charge is -2.11. The van der Waals surface area contributed by atoms with Crippen molar-refractivity contribution in [3.05, 3.63) is 89.1 Å². The highest BCUT2D eigenvalue weighted by molar-refractivity contribution is 5.97. The molecule has 0 saturated heterocycles. The van der Waals surface area contributed by atoms with Gasteiger partial charge >= 0.3 is 5.97 Å². The lowest BCUT2D eigenvalue weighted by molar-refractivity contribution is 0.0601. The minimum atomic E-state index is -0.449. The van der Waals surface area contributed by atoms with Crippen molar-refractivity contribution in [3.8, 4) is 0 Å². The predicted molar refractivity (Wildman–Crippen MR) is 108 cm³/mol. The van der Waals surface area contributed by atoms with Crippen LogP contribution in [0.3, 0.4) is 0 Å². The molecule has 0 saturated carbocycles. The van der Waals surface area contributed by atoms with Gasteiger partial charge in [-0.05, 0) is 42.3 Å². The van der Waals surface area contributed by atoms with Gasteiger partial charge in [-0.25, -0.2) is 9.78 Å². The van der Waals surface area contributed by atoms with E-state index in [9.17, 15) is 9.59 Å². The Hall–Kier alpha value is -3.67. The molecule has 6 nitrogen and oxygen atoms in total. The smallest absolute Gasteiger partial charge is 0.339 e. The second kappa shape index (κ2) is 8.81. The zero-order chi connectivity index (χ0) is 19.9. The number of aromatic nitrogens is 1. The van der Waals surface area contributed by atoms with Crippen molar-refractivity contribution >= 4 is 23.4 Å². The van der Waals surface area contributed by atoms with Gasteiger partial charge in [0.25, 0.3) is 5.91 Å². The lowest BCUT2D eigenvalue weighted by Crippen LogP contribution is -2.23. The number of benzene rings is 2. The van der Waals surface area contributed by atoms with E-state index in [-0.39, 0.29) is 5.91 Å². The average molecular weight is 375 g/mol. The molecule has 0 aliphatic carbocycles. The Morgan fingerprint density at radius 3 is 2.57 bits per heavy atom. The molecular formula is C22H21N3O3. The number of anilines is 2. The molecule has 0 aliphatic rings. The molecule has 0 bridgehead atoms. The summed E-state index contributed by atoms with van der Waals surface area (Å²) in [4.78, 5) is 28.6. The molecule has 0 aliphatic heterocycles. The van der Waals surface area contributed by atoms with Crippen LogP contribution < -0.4 is 10.6 Å². The minimum Gasteiger partial charge on any atom is -0.465 e. The highest BCUT2D eigenvalue weighted by atomic mass is 16.5. The number of pyridine rings is 1. The van der Waals surface area contributed by atoms with Crippen molar-refractivity contribution < 1.29 is 14.3 Å². The number of ether oxygens (including phenoxy) is 1. The fraction of sp³-hybridized carbons (Fsp3) is 0.136. The van der Waals surface area contributed by atoms with E-state index in [2.05, 4.69) is 15.6 Å². The van der Waals surface area contributed by atoms with Crippen LogP contribution in [0.15, 0.2) is 66.9 Å². The molecule has 142 valence electrons. The molecule has 28 heavy (non-hydrogen) atoms. The fourth-order valence-electron chi connectivity index (χ4n) is 2.74. The van der Waals surface area contributed by atoms with Gasteiger partial charge in [-0.15, -0.1) is 0 Å². The van der Waals surface area contributed by atoms with Crippen molar-refractivity contribution in [2.75, 3.05) is 12.4 Å². The maximum absolute atomic E-state index is 12.5. The second-order valence-electron chi connectivity index (χ2n) is 6.20. The molecule has 2 N–H and O–H groups in total. The van der Waals surface area contributed by atoms with Crippen LogP contribution in [-0.4, -0.2) is 24.0 Å². The Balaban J connectivity index is 1.73. The summed E-state index contributed by atoms with van der Waals surface area (Å²) in [6.07, 6.45) is 1.55. The first-order valence-corrected chi connectivity index (χ1v) is 8.81. The van der Waals surface area contributed by atoms with E-state index in [1.54, 1.807) is 42.6 Å². The Bertz CT molecular complexity index is 1000. The number of carbonyl (C=O) groups excluding carboxylic acids is 2. The molecule has 3 aromatic rings. The number of amides is 1. The van der Waals surface area contributed by atoms with Gasteiger partial charge in [0.15, 0.2) is 0 Å². The molecule has 0 radical (unpaired) electrons. The molecule has 0 spiro atoms. The van der Waals surface area contributed by atoms with Crippen molar-refractivity contribution in [1.82, 2.24) is 10.3 Å². The van der Waals surface area contributed by atoms with E-state index >= 15 is 0 Å². The fourth-order valence-corrected chi connectivity index (χ4v) is 2.74. The molecule has 6 heteroatoms. The molecule has 2 aromatic carbocycles. The van der Waals surface area contributed by atoms with Crippen LogP contribution in [0.1, 0.15) is 31.8 Å². The van der Waals surface area contributed by atoms with Gasteiger partial charge in [0, 0.05) is 18.3 Å². The third-order valence-corrected chi connectivity index (χ3v) is 4.32. The summed E-state index contributed by atoms with van der Waals surface area (Å²) in [7, 11) is 1.33. The number of methoxy groups -OCH3 is 1. The second-order valence-corrected chi connectivity index (χ2v) is 6.20. The average Bonchev–Trinajstić information content (AvgIpc) is 2.73. The quantitative estimate of drug-likeness (QED) is 0.640. The zero-order valence-corrected chi connectivity index (χ0v) is 15.7. The summed E-state index contributed by atoms with van der Waals surface area (Å²) in [6, 6.07) is 18.1. The number of carbonyl (C=O) groups is 2. The number of hydrogen-bond donors (Lipinski definition) is 2. The van der Waals surface area contributed by atoms with Crippen LogP contribution in [0.4, 0.5) is 11.5 Å². The van der Waals surface area contributed by atoms with Gasteiger partial charge in [0.05, 0.1) is 18.4 Å². The summed E-state index contributed by atoms with van der Waals surface area (Å²) < 4.78 is 4.80. The van der Waals surface area contributed by atoms with Crippen LogP contribution in [-0.2, 0) is 11.3 Å². The summed E-state index contributed by atoms with van der Waals surface area (Å²) in [5, 5.41) is 5.99. The number of nitrogens with one attached hydrogen (secondary N) is 2. The van der Waals surface area contributed by atoms with E-state index in [0.29, 0.717) is 29.2 Å². The van der Waals surface area contributed by atoms with Crippen LogP contribution >= 0.6 is 0 Å². The third kappa shape index (κ3) is 4.54.